The molecule has 8 heteroatoms. The van der Waals surface area contributed by atoms with Crippen LogP contribution in [0.25, 0.3) is 5.65 Å². The number of hydrogen-bond acceptors (Lipinski definition) is 6. The van der Waals surface area contributed by atoms with Gasteiger partial charge in [0.1, 0.15) is 29.3 Å². The van der Waals surface area contributed by atoms with Gasteiger partial charge in [0.25, 0.3) is 5.56 Å². The van der Waals surface area contributed by atoms with Gasteiger partial charge >= 0.3 is 5.97 Å². The van der Waals surface area contributed by atoms with Crippen molar-refractivity contribution in [2.75, 3.05) is 0 Å². The first-order valence-corrected chi connectivity index (χ1v) is 8.65. The number of allylic oxidation sites excluding steroid dienone is 1. The molecular weight excluding hydrogens is 382 g/mol. The highest BCUT2D eigenvalue weighted by molar-refractivity contribution is 6.30. The summed E-state index contributed by atoms with van der Waals surface area (Å²) in [5, 5.41) is 10.2. The normalized spacial score (nSPS) is 12.2. The number of pyridine rings is 1. The van der Waals surface area contributed by atoms with Crippen LogP contribution in [0, 0.1) is 0 Å². The Kier molecular flexibility index (Phi) is 5.86. The van der Waals surface area contributed by atoms with E-state index < -0.39 is 11.5 Å². The summed E-state index contributed by atoms with van der Waals surface area (Å²) in [6.45, 7) is 1.37. The van der Waals surface area contributed by atoms with Gasteiger partial charge in [-0.25, -0.2) is 14.8 Å². The van der Waals surface area contributed by atoms with Crippen molar-refractivity contribution in [1.29, 1.82) is 0 Å². The topological polar surface area (TPSA) is 93.3 Å². The minimum atomic E-state index is -0.760. The number of rotatable bonds is 5. The molecule has 0 saturated carbocycles. The smallest absolute Gasteiger partial charge is 0.343 e. The zero-order valence-electron chi connectivity index (χ0n) is 14.9. The number of carbonyl (C=O) groups is 1. The number of aromatic nitrogens is 2. The van der Waals surface area contributed by atoms with Gasteiger partial charge in [-0.2, -0.15) is 0 Å². The highest BCUT2D eigenvalue weighted by atomic mass is 35.5. The Morgan fingerprint density at radius 1 is 1.29 bits per heavy atom. The van der Waals surface area contributed by atoms with Crippen LogP contribution in [0.1, 0.15) is 12.5 Å². The summed E-state index contributed by atoms with van der Waals surface area (Å²) in [7, 11) is 0. The number of benzene rings is 1. The van der Waals surface area contributed by atoms with Crippen molar-refractivity contribution in [3.8, 4) is 0 Å². The molecule has 7 nitrogen and oxygen atoms in total. The number of carbonyl (C=O) groups excluding carboxylic acids is 1. The number of aliphatic hydroxyl groups is 1. The lowest BCUT2D eigenvalue weighted by Crippen LogP contribution is -2.15. The number of nitrogens with zero attached hydrogens (tertiary/aromatic N) is 3. The van der Waals surface area contributed by atoms with E-state index in [9.17, 15) is 14.7 Å². The average Bonchev–Trinajstić information content (AvgIpc) is 2.69. The minimum Gasteiger partial charge on any atom is -0.512 e. The molecule has 0 spiro atoms. The van der Waals surface area contributed by atoms with Gasteiger partial charge in [-0.1, -0.05) is 41.9 Å². The maximum Gasteiger partial charge on any atom is 0.343 e. The molecule has 0 unspecified atom stereocenters. The summed E-state index contributed by atoms with van der Waals surface area (Å²) in [5.74, 6) is -1.04. The van der Waals surface area contributed by atoms with E-state index in [4.69, 9.17) is 16.3 Å². The fraction of sp³-hybridized carbons (Fsp3) is 0.100. The minimum absolute atomic E-state index is 0.0191. The first-order valence-electron chi connectivity index (χ1n) is 8.27. The van der Waals surface area contributed by atoms with Crippen LogP contribution in [0.5, 0.6) is 0 Å². The van der Waals surface area contributed by atoms with Crippen molar-refractivity contribution < 1.29 is 14.6 Å². The Morgan fingerprint density at radius 2 is 2.04 bits per heavy atom. The van der Waals surface area contributed by atoms with Gasteiger partial charge in [0.2, 0.25) is 0 Å². The van der Waals surface area contributed by atoms with E-state index >= 15 is 0 Å². The fourth-order valence-corrected chi connectivity index (χ4v) is 2.52. The maximum absolute atomic E-state index is 12.5. The molecule has 0 bridgehead atoms. The highest BCUT2D eigenvalue weighted by Gasteiger charge is 2.14. The number of hydrogen-bond donors (Lipinski definition) is 1. The highest BCUT2D eigenvalue weighted by Crippen LogP contribution is 2.12. The van der Waals surface area contributed by atoms with Gasteiger partial charge in [0, 0.05) is 12.4 Å². The van der Waals surface area contributed by atoms with Gasteiger partial charge in [0.15, 0.2) is 0 Å². The van der Waals surface area contributed by atoms with E-state index in [2.05, 4.69) is 9.98 Å². The van der Waals surface area contributed by atoms with E-state index in [1.165, 1.54) is 23.7 Å². The Morgan fingerprint density at radius 3 is 2.75 bits per heavy atom. The van der Waals surface area contributed by atoms with Crippen LogP contribution < -0.4 is 5.56 Å². The SMILES string of the molecule is C/C(O)=C(/C=Nc1cnc2ccc(Cl)cn2c1=O)C(=O)OCc1ccccc1. The number of halogens is 1. The van der Waals surface area contributed by atoms with Gasteiger partial charge in [-0.15, -0.1) is 0 Å². The molecule has 0 aliphatic carbocycles. The van der Waals surface area contributed by atoms with E-state index in [1.54, 1.807) is 12.1 Å². The number of aliphatic hydroxyl groups excluding tert-OH is 1. The van der Waals surface area contributed by atoms with E-state index in [1.807, 2.05) is 30.3 Å². The Bertz CT molecular complexity index is 1130. The Hall–Kier alpha value is -3.45. The number of fused-ring (bicyclic) bond motifs is 1. The van der Waals surface area contributed by atoms with E-state index in [0.717, 1.165) is 11.8 Å². The number of esters is 1. The third-order valence-electron chi connectivity index (χ3n) is 3.80. The maximum atomic E-state index is 12.5. The quantitative estimate of drug-likeness (QED) is 0.307. The molecule has 0 aliphatic rings. The van der Waals surface area contributed by atoms with E-state index in [0.29, 0.717) is 10.7 Å². The van der Waals surface area contributed by atoms with Crippen LogP contribution in [0.4, 0.5) is 5.69 Å². The monoisotopic (exact) mass is 397 g/mol. The third-order valence-corrected chi connectivity index (χ3v) is 4.03. The van der Waals surface area contributed by atoms with Crippen molar-refractivity contribution >= 4 is 35.1 Å². The van der Waals surface area contributed by atoms with Crippen LogP contribution in [0.2, 0.25) is 5.02 Å². The van der Waals surface area contributed by atoms with Crippen LogP contribution in [0.3, 0.4) is 0 Å². The molecule has 1 aromatic carbocycles. The summed E-state index contributed by atoms with van der Waals surface area (Å²) in [5.41, 5.74) is 0.568. The molecule has 1 N–H and O–H groups in total. The second-order valence-corrected chi connectivity index (χ2v) is 6.28. The molecule has 0 amide bonds. The number of aliphatic imine (C=N–C) groups is 1. The summed E-state index contributed by atoms with van der Waals surface area (Å²) < 4.78 is 6.44. The summed E-state index contributed by atoms with van der Waals surface area (Å²) >= 11 is 5.91. The molecule has 0 saturated heterocycles. The molecular formula is C20H16ClN3O4. The molecule has 142 valence electrons. The van der Waals surface area contributed by atoms with Crippen molar-refractivity contribution in [1.82, 2.24) is 9.38 Å². The first-order chi connectivity index (χ1) is 13.5. The second kappa shape index (κ2) is 8.49. The lowest BCUT2D eigenvalue weighted by Gasteiger charge is -2.06. The van der Waals surface area contributed by atoms with Gasteiger partial charge in [-0.05, 0) is 24.6 Å². The summed E-state index contributed by atoms with van der Waals surface area (Å²) in [6.07, 6.45) is 3.78. The lowest BCUT2D eigenvalue weighted by molar-refractivity contribution is -0.139. The molecule has 2 heterocycles. The Balaban J connectivity index is 1.83. The zero-order valence-corrected chi connectivity index (χ0v) is 15.6. The molecule has 0 atom stereocenters. The standard InChI is InChI=1S/C20H16ClN3O4/c1-13(25)16(20(27)28-12-14-5-3-2-4-6-14)9-22-17-10-23-18-8-7-15(21)11-24(18)19(17)26/h2-11,25H,12H2,1H3/b16-13+,22-9?. The Labute approximate surface area is 165 Å². The molecule has 0 aliphatic heterocycles. The van der Waals surface area contributed by atoms with Gasteiger partial charge < -0.3 is 9.84 Å². The zero-order chi connectivity index (χ0) is 20.1. The van der Waals surface area contributed by atoms with Crippen LogP contribution in [-0.4, -0.2) is 26.7 Å². The van der Waals surface area contributed by atoms with Crippen molar-refractivity contribution in [3.63, 3.8) is 0 Å². The molecule has 0 radical (unpaired) electrons. The van der Waals surface area contributed by atoms with Crippen molar-refractivity contribution in [2.24, 2.45) is 4.99 Å². The van der Waals surface area contributed by atoms with Crippen LogP contribution in [0.15, 0.2) is 76.0 Å². The van der Waals surface area contributed by atoms with Crippen molar-refractivity contribution in [3.05, 3.63) is 87.1 Å². The molecule has 3 aromatic rings. The first kappa shape index (κ1) is 19.3. The lowest BCUT2D eigenvalue weighted by atomic mass is 10.2. The van der Waals surface area contributed by atoms with Gasteiger partial charge in [0.05, 0.1) is 11.2 Å². The van der Waals surface area contributed by atoms with Crippen LogP contribution in [-0.2, 0) is 16.1 Å². The average molecular weight is 398 g/mol. The van der Waals surface area contributed by atoms with E-state index in [-0.39, 0.29) is 23.6 Å². The summed E-state index contributed by atoms with van der Waals surface area (Å²) in [4.78, 5) is 32.9. The largest absolute Gasteiger partial charge is 0.512 e. The van der Waals surface area contributed by atoms with Crippen molar-refractivity contribution in [2.45, 2.75) is 13.5 Å². The van der Waals surface area contributed by atoms with Gasteiger partial charge in [-0.3, -0.25) is 9.20 Å². The predicted molar refractivity (Wildman–Crippen MR) is 106 cm³/mol. The fourth-order valence-electron chi connectivity index (χ4n) is 2.36. The second-order valence-electron chi connectivity index (χ2n) is 5.84. The molecule has 2 aromatic heterocycles. The molecule has 28 heavy (non-hydrogen) atoms. The molecule has 0 fully saturated rings. The predicted octanol–water partition coefficient (Wildman–Crippen LogP) is 3.63. The summed E-state index contributed by atoms with van der Waals surface area (Å²) in [6, 6.07) is 12.3. The third kappa shape index (κ3) is 4.44. The number of ether oxygens (including phenoxy) is 1. The van der Waals surface area contributed by atoms with Crippen LogP contribution >= 0.6 is 11.6 Å². The molecule has 3 rings (SSSR count).